The molecule has 0 amide bonds. The van der Waals surface area contributed by atoms with E-state index in [4.69, 9.17) is 0 Å². The minimum atomic E-state index is 0.891. The van der Waals surface area contributed by atoms with E-state index in [0.717, 1.165) is 12.1 Å². The molecule has 0 saturated heterocycles. The maximum atomic E-state index is 4.54. The number of benzene rings is 6. The third-order valence-electron chi connectivity index (χ3n) is 8.33. The molecule has 3 heteroatoms. The highest BCUT2D eigenvalue weighted by Crippen LogP contribution is 2.44. The predicted molar refractivity (Wildman–Crippen MR) is 164 cm³/mol. The van der Waals surface area contributed by atoms with Crippen LogP contribution < -0.4 is 0 Å². The van der Waals surface area contributed by atoms with Crippen molar-refractivity contribution >= 4 is 66.3 Å². The average molecular weight is 498 g/mol. The van der Waals surface area contributed by atoms with Crippen molar-refractivity contribution in [3.05, 3.63) is 127 Å². The number of nitrogens with zero attached hydrogens (tertiary/aromatic N) is 3. The van der Waals surface area contributed by atoms with Crippen LogP contribution in [-0.4, -0.2) is 15.3 Å². The Hall–Kier alpha value is -5.15. The number of hydrogen-bond acceptors (Lipinski definition) is 1. The Morgan fingerprint density at radius 1 is 0.513 bits per heavy atom. The zero-order valence-corrected chi connectivity index (χ0v) is 21.2. The summed E-state index contributed by atoms with van der Waals surface area (Å²) in [5.74, 6) is 0. The van der Waals surface area contributed by atoms with Crippen LogP contribution in [0.4, 0.5) is 5.69 Å². The summed E-state index contributed by atoms with van der Waals surface area (Å²) in [5, 5.41) is 7.68. The summed E-state index contributed by atoms with van der Waals surface area (Å²) in [6.07, 6.45) is 2.90. The first-order valence-corrected chi connectivity index (χ1v) is 13.5. The van der Waals surface area contributed by atoms with Crippen LogP contribution in [-0.2, 0) is 6.42 Å². The molecular formula is C36H23N3. The summed E-state index contributed by atoms with van der Waals surface area (Å²) in [6, 6.07) is 44.2. The lowest BCUT2D eigenvalue weighted by Gasteiger charge is -2.11. The van der Waals surface area contributed by atoms with E-state index in [9.17, 15) is 0 Å². The molecule has 0 radical (unpaired) electrons. The van der Waals surface area contributed by atoms with Gasteiger partial charge >= 0.3 is 0 Å². The molecule has 1 aliphatic rings. The van der Waals surface area contributed by atoms with Crippen molar-refractivity contribution in [1.82, 2.24) is 9.13 Å². The van der Waals surface area contributed by atoms with Crippen LogP contribution >= 0.6 is 0 Å². The van der Waals surface area contributed by atoms with Crippen LogP contribution in [0.1, 0.15) is 5.56 Å². The van der Waals surface area contributed by atoms with Gasteiger partial charge in [-0.1, -0.05) is 72.8 Å². The monoisotopic (exact) mass is 497 g/mol. The normalized spacial score (nSPS) is 12.9. The van der Waals surface area contributed by atoms with Crippen molar-refractivity contribution in [3.63, 3.8) is 0 Å². The molecule has 0 atom stereocenters. The molecule has 0 spiro atoms. The fourth-order valence-corrected chi connectivity index (χ4v) is 6.69. The van der Waals surface area contributed by atoms with Crippen LogP contribution in [0.15, 0.2) is 126 Å². The third-order valence-corrected chi connectivity index (χ3v) is 8.33. The van der Waals surface area contributed by atoms with Gasteiger partial charge in [0.1, 0.15) is 0 Å². The lowest BCUT2D eigenvalue weighted by molar-refractivity contribution is 1.17. The van der Waals surface area contributed by atoms with E-state index >= 15 is 0 Å². The number of aromatic nitrogens is 2. The SMILES string of the molecule is C1=Nc2ccc(-n3c4ccccc4c4c5c6ccc7ccccc7c6n(-c6ccccc6)c5ccc43)cc2C1. The first kappa shape index (κ1) is 20.9. The molecule has 1 aliphatic heterocycles. The van der Waals surface area contributed by atoms with Crippen molar-refractivity contribution in [3.8, 4) is 11.4 Å². The maximum absolute atomic E-state index is 4.54. The Labute approximate surface area is 224 Å². The molecular weight excluding hydrogens is 474 g/mol. The fourth-order valence-electron chi connectivity index (χ4n) is 6.69. The van der Waals surface area contributed by atoms with Gasteiger partial charge in [-0.15, -0.1) is 0 Å². The standard InChI is InChI=1S/C36H23N3/c1-2-9-25(10-3-1)39-33-19-18-32-34(35(33)29-16-14-23-8-4-5-11-27(23)36(29)39)28-12-6-7-13-31(28)38(32)26-15-17-30-24(22-26)20-21-37-30/h1-19,21-22H,20H2. The quantitative estimate of drug-likeness (QED) is 0.227. The Morgan fingerprint density at radius 3 is 2.15 bits per heavy atom. The second kappa shape index (κ2) is 7.68. The van der Waals surface area contributed by atoms with Crippen LogP contribution in [0.3, 0.4) is 0 Å². The summed E-state index contributed by atoms with van der Waals surface area (Å²) >= 11 is 0. The molecule has 9 rings (SSSR count). The molecule has 0 saturated carbocycles. The summed E-state index contributed by atoms with van der Waals surface area (Å²) in [5.41, 5.74) is 9.66. The van der Waals surface area contributed by atoms with E-state index in [0.29, 0.717) is 0 Å². The summed E-state index contributed by atoms with van der Waals surface area (Å²) < 4.78 is 4.88. The highest BCUT2D eigenvalue weighted by molar-refractivity contribution is 6.31. The van der Waals surface area contributed by atoms with Crippen molar-refractivity contribution in [2.24, 2.45) is 4.99 Å². The zero-order chi connectivity index (χ0) is 25.5. The van der Waals surface area contributed by atoms with E-state index in [2.05, 4.69) is 135 Å². The Balaban J connectivity index is 1.50. The number of para-hydroxylation sites is 2. The van der Waals surface area contributed by atoms with Crippen LogP contribution in [0.5, 0.6) is 0 Å². The second-order valence-electron chi connectivity index (χ2n) is 10.4. The smallest absolute Gasteiger partial charge is 0.0663 e. The largest absolute Gasteiger partial charge is 0.309 e. The topological polar surface area (TPSA) is 22.2 Å². The highest BCUT2D eigenvalue weighted by Gasteiger charge is 2.22. The van der Waals surface area contributed by atoms with Crippen molar-refractivity contribution in [2.45, 2.75) is 6.42 Å². The van der Waals surface area contributed by atoms with Crippen molar-refractivity contribution < 1.29 is 0 Å². The summed E-state index contributed by atoms with van der Waals surface area (Å²) in [7, 11) is 0. The maximum Gasteiger partial charge on any atom is 0.0663 e. The third kappa shape index (κ3) is 2.79. The van der Waals surface area contributed by atoms with Crippen LogP contribution in [0.25, 0.3) is 65.8 Å². The molecule has 8 aromatic rings. The molecule has 2 aromatic heterocycles. The molecule has 3 nitrogen and oxygen atoms in total. The number of rotatable bonds is 2. The minimum Gasteiger partial charge on any atom is -0.309 e. The van der Waals surface area contributed by atoms with Gasteiger partial charge in [-0.25, -0.2) is 0 Å². The lowest BCUT2D eigenvalue weighted by Crippen LogP contribution is -1.95. The molecule has 6 aromatic carbocycles. The zero-order valence-electron chi connectivity index (χ0n) is 21.2. The molecule has 3 heterocycles. The van der Waals surface area contributed by atoms with Gasteiger partial charge in [0.2, 0.25) is 0 Å². The van der Waals surface area contributed by atoms with Gasteiger partial charge < -0.3 is 9.13 Å². The molecule has 0 unspecified atom stereocenters. The van der Waals surface area contributed by atoms with Crippen molar-refractivity contribution in [2.75, 3.05) is 0 Å². The first-order valence-electron chi connectivity index (χ1n) is 13.5. The molecule has 0 fully saturated rings. The Bertz CT molecular complexity index is 2300. The Kier molecular flexibility index (Phi) is 4.11. The van der Waals surface area contributed by atoms with E-state index in [1.807, 2.05) is 6.21 Å². The number of aliphatic imine (C=N–C) groups is 1. The van der Waals surface area contributed by atoms with Gasteiger partial charge in [0.15, 0.2) is 0 Å². The molecule has 0 N–H and O–H groups in total. The van der Waals surface area contributed by atoms with E-state index in [-0.39, 0.29) is 0 Å². The minimum absolute atomic E-state index is 0.891. The van der Waals surface area contributed by atoms with Gasteiger partial charge in [-0.2, -0.15) is 0 Å². The van der Waals surface area contributed by atoms with Gasteiger partial charge in [-0.3, -0.25) is 4.99 Å². The van der Waals surface area contributed by atoms with Gasteiger partial charge in [0.05, 0.1) is 27.8 Å². The van der Waals surface area contributed by atoms with E-state index in [1.165, 1.54) is 71.3 Å². The van der Waals surface area contributed by atoms with Gasteiger partial charge in [0, 0.05) is 50.9 Å². The first-order chi connectivity index (χ1) is 19.4. The lowest BCUT2D eigenvalue weighted by atomic mass is 10.0. The fraction of sp³-hybridized carbons (Fsp3) is 0.0278. The highest BCUT2D eigenvalue weighted by atomic mass is 15.0. The molecule has 0 bridgehead atoms. The average Bonchev–Trinajstić information content (AvgIpc) is 3.69. The predicted octanol–water partition coefficient (Wildman–Crippen LogP) is 9.29. The van der Waals surface area contributed by atoms with Gasteiger partial charge in [-0.05, 0) is 59.5 Å². The second-order valence-corrected chi connectivity index (χ2v) is 10.4. The number of hydrogen-bond donors (Lipinski definition) is 0. The van der Waals surface area contributed by atoms with E-state index < -0.39 is 0 Å². The van der Waals surface area contributed by atoms with Crippen molar-refractivity contribution in [1.29, 1.82) is 0 Å². The summed E-state index contributed by atoms with van der Waals surface area (Å²) in [4.78, 5) is 4.54. The molecule has 182 valence electrons. The van der Waals surface area contributed by atoms with E-state index in [1.54, 1.807) is 0 Å². The van der Waals surface area contributed by atoms with Crippen LogP contribution in [0, 0.1) is 0 Å². The molecule has 0 aliphatic carbocycles. The Morgan fingerprint density at radius 2 is 1.26 bits per heavy atom. The summed E-state index contributed by atoms with van der Waals surface area (Å²) in [6.45, 7) is 0. The van der Waals surface area contributed by atoms with Gasteiger partial charge in [0.25, 0.3) is 0 Å². The molecule has 39 heavy (non-hydrogen) atoms. The number of fused-ring (bicyclic) bond motifs is 10. The van der Waals surface area contributed by atoms with Crippen LogP contribution in [0.2, 0.25) is 0 Å².